The first-order valence-electron chi connectivity index (χ1n) is 6.57. The Morgan fingerprint density at radius 3 is 2.63 bits per heavy atom. The summed E-state index contributed by atoms with van der Waals surface area (Å²) in [6.45, 7) is 0.323. The second-order valence-corrected chi connectivity index (χ2v) is 5.42. The van der Waals surface area contributed by atoms with Crippen molar-refractivity contribution in [2.75, 3.05) is 0 Å². The van der Waals surface area contributed by atoms with Crippen LogP contribution in [-0.4, -0.2) is 26.1 Å². The molecule has 1 amide bonds. The highest BCUT2D eigenvalue weighted by Crippen LogP contribution is 2.35. The molecule has 6 nitrogen and oxygen atoms in total. The Balaban J connectivity index is 2.05. The van der Waals surface area contributed by atoms with E-state index in [0.717, 1.165) is 38.5 Å². The van der Waals surface area contributed by atoms with Crippen molar-refractivity contribution in [1.82, 2.24) is 20.5 Å². The molecule has 0 aromatic carbocycles. The van der Waals surface area contributed by atoms with E-state index in [1.54, 1.807) is 0 Å². The van der Waals surface area contributed by atoms with Gasteiger partial charge in [-0.25, -0.2) is 4.98 Å². The van der Waals surface area contributed by atoms with E-state index in [0.29, 0.717) is 17.4 Å². The lowest BCUT2D eigenvalue weighted by molar-refractivity contribution is -0.128. The molecule has 0 bridgehead atoms. The standard InChI is InChI=1S/C12H19N5OS/c13-10(19)12(5-3-1-2-4-6-12)11(18)14-7-9-15-8-16-17-9/h8H,1-7H2,(H2,13,19)(H,14,18)(H,15,16,17). The van der Waals surface area contributed by atoms with Gasteiger partial charge in [-0.05, 0) is 12.8 Å². The van der Waals surface area contributed by atoms with Crippen LogP contribution in [0.4, 0.5) is 0 Å². The minimum Gasteiger partial charge on any atom is -0.392 e. The van der Waals surface area contributed by atoms with Crippen LogP contribution in [0.5, 0.6) is 0 Å². The predicted octanol–water partition coefficient (Wildman–Crippen LogP) is 1.05. The maximum absolute atomic E-state index is 12.5. The highest BCUT2D eigenvalue weighted by Gasteiger charge is 2.41. The number of thiocarbonyl (C=S) groups is 1. The molecule has 0 atom stereocenters. The van der Waals surface area contributed by atoms with Crippen LogP contribution in [0, 0.1) is 5.41 Å². The summed E-state index contributed by atoms with van der Waals surface area (Å²) in [5.74, 6) is 0.540. The monoisotopic (exact) mass is 281 g/mol. The van der Waals surface area contributed by atoms with Gasteiger partial charge in [0.25, 0.3) is 0 Å². The van der Waals surface area contributed by atoms with Crippen molar-refractivity contribution < 1.29 is 4.79 Å². The van der Waals surface area contributed by atoms with Crippen LogP contribution in [0.2, 0.25) is 0 Å². The second kappa shape index (κ2) is 6.10. The van der Waals surface area contributed by atoms with Crippen LogP contribution >= 0.6 is 12.2 Å². The molecule has 1 aromatic rings. The number of nitrogens with two attached hydrogens (primary N) is 1. The SMILES string of the molecule is NC(=S)C1(C(=O)NCc2ncn[nH]2)CCCCCC1. The predicted molar refractivity (Wildman–Crippen MR) is 75.1 cm³/mol. The summed E-state index contributed by atoms with van der Waals surface area (Å²) >= 11 is 5.16. The Morgan fingerprint density at radius 2 is 2.11 bits per heavy atom. The van der Waals surface area contributed by atoms with Crippen LogP contribution in [0.15, 0.2) is 6.33 Å². The lowest BCUT2D eigenvalue weighted by Gasteiger charge is -2.30. The number of carbonyl (C=O) groups is 1. The number of hydrogen-bond acceptors (Lipinski definition) is 4. The zero-order chi connectivity index (χ0) is 13.7. The van der Waals surface area contributed by atoms with Gasteiger partial charge in [0.05, 0.1) is 16.9 Å². The molecule has 0 saturated heterocycles. The highest BCUT2D eigenvalue weighted by atomic mass is 32.1. The third-order valence-corrected chi connectivity index (χ3v) is 4.14. The fourth-order valence-corrected chi connectivity index (χ4v) is 2.86. The fourth-order valence-electron chi connectivity index (χ4n) is 2.57. The first-order valence-corrected chi connectivity index (χ1v) is 6.98. The molecule has 0 unspecified atom stereocenters. The largest absolute Gasteiger partial charge is 0.392 e. The summed E-state index contributed by atoms with van der Waals surface area (Å²) in [4.78, 5) is 16.8. The van der Waals surface area contributed by atoms with Crippen molar-refractivity contribution in [3.8, 4) is 0 Å². The summed E-state index contributed by atoms with van der Waals surface area (Å²) in [6, 6.07) is 0. The fraction of sp³-hybridized carbons (Fsp3) is 0.667. The minimum absolute atomic E-state index is 0.0849. The lowest BCUT2D eigenvalue weighted by atomic mass is 9.79. The van der Waals surface area contributed by atoms with E-state index in [4.69, 9.17) is 18.0 Å². The topological polar surface area (TPSA) is 96.7 Å². The number of hydrogen-bond donors (Lipinski definition) is 3. The molecule has 1 heterocycles. The van der Waals surface area contributed by atoms with Crippen LogP contribution in [-0.2, 0) is 11.3 Å². The number of H-pyrrole nitrogens is 1. The molecular formula is C12H19N5OS. The number of aromatic amines is 1. The van der Waals surface area contributed by atoms with Crippen molar-refractivity contribution in [1.29, 1.82) is 0 Å². The molecule has 1 aliphatic rings. The van der Waals surface area contributed by atoms with Gasteiger partial charge in [0.2, 0.25) is 5.91 Å². The average Bonchev–Trinajstić information content (AvgIpc) is 2.78. The van der Waals surface area contributed by atoms with Crippen molar-refractivity contribution in [2.45, 2.75) is 45.1 Å². The van der Waals surface area contributed by atoms with Crippen molar-refractivity contribution in [2.24, 2.45) is 11.1 Å². The first-order chi connectivity index (χ1) is 9.15. The molecule has 1 aromatic heterocycles. The molecule has 4 N–H and O–H groups in total. The molecule has 1 saturated carbocycles. The van der Waals surface area contributed by atoms with Gasteiger partial charge in [-0.3, -0.25) is 9.89 Å². The van der Waals surface area contributed by atoms with Gasteiger partial charge < -0.3 is 11.1 Å². The molecular weight excluding hydrogens is 262 g/mol. The Morgan fingerprint density at radius 1 is 1.42 bits per heavy atom. The van der Waals surface area contributed by atoms with E-state index in [1.165, 1.54) is 6.33 Å². The summed E-state index contributed by atoms with van der Waals surface area (Å²) in [6.07, 6.45) is 7.16. The molecule has 0 spiro atoms. The van der Waals surface area contributed by atoms with Gasteiger partial charge in [-0.2, -0.15) is 5.10 Å². The normalized spacial score (nSPS) is 18.5. The Hall–Kier alpha value is -1.50. The third kappa shape index (κ3) is 3.09. The lowest BCUT2D eigenvalue weighted by Crippen LogP contribution is -2.48. The van der Waals surface area contributed by atoms with Gasteiger partial charge >= 0.3 is 0 Å². The Bertz CT molecular complexity index is 437. The van der Waals surface area contributed by atoms with E-state index in [-0.39, 0.29) is 5.91 Å². The average molecular weight is 281 g/mol. The number of amides is 1. The molecule has 0 radical (unpaired) electrons. The summed E-state index contributed by atoms with van der Waals surface area (Å²) in [5, 5.41) is 9.32. The van der Waals surface area contributed by atoms with Crippen molar-refractivity contribution >= 4 is 23.1 Å². The Labute approximate surface area is 117 Å². The summed E-state index contributed by atoms with van der Waals surface area (Å²) in [7, 11) is 0. The molecule has 0 aliphatic heterocycles. The van der Waals surface area contributed by atoms with Crippen LogP contribution in [0.25, 0.3) is 0 Å². The van der Waals surface area contributed by atoms with Crippen molar-refractivity contribution in [3.63, 3.8) is 0 Å². The third-order valence-electron chi connectivity index (χ3n) is 3.74. The zero-order valence-electron chi connectivity index (χ0n) is 10.8. The molecule has 19 heavy (non-hydrogen) atoms. The Kier molecular flexibility index (Phi) is 4.47. The second-order valence-electron chi connectivity index (χ2n) is 4.98. The summed E-state index contributed by atoms with van der Waals surface area (Å²) < 4.78 is 0. The van der Waals surface area contributed by atoms with Gasteiger partial charge in [0.1, 0.15) is 12.2 Å². The van der Waals surface area contributed by atoms with Crippen LogP contribution in [0.1, 0.15) is 44.3 Å². The molecule has 104 valence electrons. The number of nitrogens with one attached hydrogen (secondary N) is 2. The number of carbonyl (C=O) groups excluding carboxylic acids is 1. The molecule has 2 rings (SSSR count). The quantitative estimate of drug-likeness (QED) is 0.566. The number of aromatic nitrogens is 3. The first kappa shape index (κ1) is 13.9. The summed E-state index contributed by atoms with van der Waals surface area (Å²) in [5.41, 5.74) is 5.17. The maximum Gasteiger partial charge on any atom is 0.233 e. The van der Waals surface area contributed by atoms with Crippen LogP contribution in [0.3, 0.4) is 0 Å². The molecule has 7 heteroatoms. The van der Waals surface area contributed by atoms with Gasteiger partial charge in [0.15, 0.2) is 0 Å². The molecule has 1 aliphatic carbocycles. The van der Waals surface area contributed by atoms with Crippen LogP contribution < -0.4 is 11.1 Å². The number of nitrogens with zero attached hydrogens (tertiary/aromatic N) is 2. The van der Waals surface area contributed by atoms with E-state index < -0.39 is 5.41 Å². The van der Waals surface area contributed by atoms with E-state index >= 15 is 0 Å². The highest BCUT2D eigenvalue weighted by molar-refractivity contribution is 7.80. The van der Waals surface area contributed by atoms with Gasteiger partial charge in [-0.15, -0.1) is 0 Å². The van der Waals surface area contributed by atoms with Gasteiger partial charge in [-0.1, -0.05) is 37.9 Å². The van der Waals surface area contributed by atoms with Gasteiger partial charge in [0, 0.05) is 0 Å². The smallest absolute Gasteiger partial charge is 0.233 e. The van der Waals surface area contributed by atoms with E-state index in [1.807, 2.05) is 0 Å². The molecule has 1 fully saturated rings. The van der Waals surface area contributed by atoms with E-state index in [2.05, 4.69) is 20.5 Å². The van der Waals surface area contributed by atoms with E-state index in [9.17, 15) is 4.79 Å². The number of rotatable bonds is 4. The zero-order valence-corrected chi connectivity index (χ0v) is 11.6. The van der Waals surface area contributed by atoms with Crippen molar-refractivity contribution in [3.05, 3.63) is 12.2 Å². The maximum atomic E-state index is 12.5. The minimum atomic E-state index is -0.689.